The van der Waals surface area contributed by atoms with E-state index in [1.165, 1.54) is 5.56 Å². The van der Waals surface area contributed by atoms with E-state index in [0.717, 1.165) is 41.5 Å². The molecule has 0 spiro atoms. The minimum absolute atomic E-state index is 0. The second-order valence-electron chi connectivity index (χ2n) is 6.08. The summed E-state index contributed by atoms with van der Waals surface area (Å²) in [6.45, 7) is 2.95. The molecule has 0 aliphatic heterocycles. The van der Waals surface area contributed by atoms with E-state index in [1.54, 1.807) is 0 Å². The minimum Gasteiger partial charge on any atom is -0.460 e. The Morgan fingerprint density at radius 3 is 2.40 bits per heavy atom. The van der Waals surface area contributed by atoms with Crippen LogP contribution in [0.25, 0.3) is 11.3 Å². The van der Waals surface area contributed by atoms with Crippen LogP contribution in [-0.2, 0) is 13.0 Å². The first-order valence-electron chi connectivity index (χ1n) is 8.32. The van der Waals surface area contributed by atoms with Crippen LogP contribution in [0.4, 0.5) is 0 Å². The minimum atomic E-state index is 0. The van der Waals surface area contributed by atoms with Gasteiger partial charge in [-0.05, 0) is 61.7 Å². The molecule has 2 aromatic carbocycles. The SMILES string of the molecule is CC(CCc1ccccc1)NCc1ccc(-c2ccc(Cl)cc2)o1.Cl. The van der Waals surface area contributed by atoms with E-state index in [2.05, 4.69) is 42.6 Å². The van der Waals surface area contributed by atoms with Crippen molar-refractivity contribution in [2.24, 2.45) is 0 Å². The lowest BCUT2D eigenvalue weighted by Gasteiger charge is -2.12. The van der Waals surface area contributed by atoms with E-state index in [-0.39, 0.29) is 12.4 Å². The second kappa shape index (κ2) is 9.67. The quantitative estimate of drug-likeness (QED) is 0.536. The van der Waals surface area contributed by atoms with Crippen molar-refractivity contribution >= 4 is 24.0 Å². The van der Waals surface area contributed by atoms with Crippen LogP contribution in [-0.4, -0.2) is 6.04 Å². The molecule has 1 unspecified atom stereocenters. The number of rotatable bonds is 7. The normalized spacial score (nSPS) is 11.8. The Balaban J connectivity index is 0.00000225. The summed E-state index contributed by atoms with van der Waals surface area (Å²) >= 11 is 5.92. The molecule has 3 aromatic rings. The van der Waals surface area contributed by atoms with Gasteiger partial charge in [0.2, 0.25) is 0 Å². The van der Waals surface area contributed by atoms with Gasteiger partial charge in [0.15, 0.2) is 0 Å². The number of hydrogen-bond acceptors (Lipinski definition) is 2. The average Bonchev–Trinajstić information content (AvgIpc) is 3.09. The van der Waals surface area contributed by atoms with Gasteiger partial charge in [-0.2, -0.15) is 0 Å². The molecule has 2 nitrogen and oxygen atoms in total. The maximum absolute atomic E-state index is 5.92. The molecule has 0 radical (unpaired) electrons. The van der Waals surface area contributed by atoms with Gasteiger partial charge in [0.25, 0.3) is 0 Å². The lowest BCUT2D eigenvalue weighted by molar-refractivity contribution is 0.449. The van der Waals surface area contributed by atoms with Gasteiger partial charge in [0.05, 0.1) is 6.54 Å². The van der Waals surface area contributed by atoms with E-state index in [9.17, 15) is 0 Å². The van der Waals surface area contributed by atoms with Gasteiger partial charge in [-0.25, -0.2) is 0 Å². The predicted octanol–water partition coefficient (Wildman–Crippen LogP) is 6.13. The summed E-state index contributed by atoms with van der Waals surface area (Å²) < 4.78 is 5.92. The second-order valence-corrected chi connectivity index (χ2v) is 6.52. The van der Waals surface area contributed by atoms with E-state index >= 15 is 0 Å². The van der Waals surface area contributed by atoms with Crippen LogP contribution in [0.5, 0.6) is 0 Å². The molecule has 1 N–H and O–H groups in total. The Labute approximate surface area is 160 Å². The fourth-order valence-corrected chi connectivity index (χ4v) is 2.77. The summed E-state index contributed by atoms with van der Waals surface area (Å²) in [6.07, 6.45) is 2.19. The van der Waals surface area contributed by atoms with E-state index in [1.807, 2.05) is 36.4 Å². The zero-order valence-electron chi connectivity index (χ0n) is 14.2. The molecular weight excluding hydrogens is 353 g/mol. The highest BCUT2D eigenvalue weighted by Gasteiger charge is 2.07. The zero-order valence-corrected chi connectivity index (χ0v) is 15.8. The first-order chi connectivity index (χ1) is 11.7. The van der Waals surface area contributed by atoms with Crippen molar-refractivity contribution in [1.29, 1.82) is 0 Å². The Morgan fingerprint density at radius 2 is 1.68 bits per heavy atom. The Hall–Kier alpha value is -1.74. The fourth-order valence-electron chi connectivity index (χ4n) is 2.65. The van der Waals surface area contributed by atoms with Crippen molar-refractivity contribution in [3.8, 4) is 11.3 Å². The molecule has 1 atom stereocenters. The van der Waals surface area contributed by atoms with Gasteiger partial charge in [-0.1, -0.05) is 41.9 Å². The standard InChI is InChI=1S/C21H22ClNO.ClH/c1-16(7-8-17-5-3-2-4-6-17)23-15-20-13-14-21(24-20)18-9-11-19(22)12-10-18;/h2-6,9-14,16,23H,7-8,15H2,1H3;1H. The van der Waals surface area contributed by atoms with Crippen molar-refractivity contribution in [3.63, 3.8) is 0 Å². The summed E-state index contributed by atoms with van der Waals surface area (Å²) in [4.78, 5) is 0. The molecule has 1 heterocycles. The molecule has 25 heavy (non-hydrogen) atoms. The first kappa shape index (κ1) is 19.6. The van der Waals surface area contributed by atoms with Gasteiger partial charge < -0.3 is 9.73 Å². The molecule has 0 aliphatic rings. The van der Waals surface area contributed by atoms with Gasteiger partial charge in [0, 0.05) is 16.6 Å². The first-order valence-corrected chi connectivity index (χ1v) is 8.70. The average molecular weight is 376 g/mol. The third-order valence-corrected chi connectivity index (χ3v) is 4.38. The highest BCUT2D eigenvalue weighted by Crippen LogP contribution is 2.23. The highest BCUT2D eigenvalue weighted by atomic mass is 35.5. The molecule has 0 saturated carbocycles. The molecule has 0 aliphatic carbocycles. The third kappa shape index (κ3) is 5.93. The van der Waals surface area contributed by atoms with E-state index < -0.39 is 0 Å². The Kier molecular flexibility index (Phi) is 7.57. The van der Waals surface area contributed by atoms with Crippen molar-refractivity contribution in [2.75, 3.05) is 0 Å². The topological polar surface area (TPSA) is 25.2 Å². The molecule has 4 heteroatoms. The molecule has 3 rings (SSSR count). The lowest BCUT2D eigenvalue weighted by atomic mass is 10.1. The maximum Gasteiger partial charge on any atom is 0.134 e. The van der Waals surface area contributed by atoms with Crippen LogP contribution in [0, 0.1) is 0 Å². The largest absolute Gasteiger partial charge is 0.460 e. The number of benzene rings is 2. The maximum atomic E-state index is 5.92. The number of aryl methyl sites for hydroxylation is 1. The van der Waals surface area contributed by atoms with Crippen LogP contribution >= 0.6 is 24.0 Å². The van der Waals surface area contributed by atoms with Crippen LogP contribution in [0.1, 0.15) is 24.7 Å². The van der Waals surface area contributed by atoms with Crippen molar-refractivity contribution < 1.29 is 4.42 Å². The monoisotopic (exact) mass is 375 g/mol. The van der Waals surface area contributed by atoms with Crippen molar-refractivity contribution in [2.45, 2.75) is 32.4 Å². The summed E-state index contributed by atoms with van der Waals surface area (Å²) in [5.41, 5.74) is 2.43. The lowest BCUT2D eigenvalue weighted by Crippen LogP contribution is -2.25. The Morgan fingerprint density at radius 1 is 0.960 bits per heavy atom. The fraction of sp³-hybridized carbons (Fsp3) is 0.238. The molecule has 0 fully saturated rings. The number of halogens is 2. The molecule has 0 bridgehead atoms. The van der Waals surface area contributed by atoms with Crippen LogP contribution < -0.4 is 5.32 Å². The van der Waals surface area contributed by atoms with Gasteiger partial charge in [0.1, 0.15) is 11.5 Å². The summed E-state index contributed by atoms with van der Waals surface area (Å²) in [5.74, 6) is 1.83. The zero-order chi connectivity index (χ0) is 16.8. The van der Waals surface area contributed by atoms with Crippen LogP contribution in [0.3, 0.4) is 0 Å². The summed E-state index contributed by atoms with van der Waals surface area (Å²) in [5, 5.41) is 4.26. The molecule has 0 saturated heterocycles. The van der Waals surface area contributed by atoms with E-state index in [4.69, 9.17) is 16.0 Å². The van der Waals surface area contributed by atoms with Crippen molar-refractivity contribution in [3.05, 3.63) is 83.1 Å². The number of furan rings is 1. The predicted molar refractivity (Wildman–Crippen MR) is 107 cm³/mol. The number of nitrogens with one attached hydrogen (secondary N) is 1. The molecule has 132 valence electrons. The van der Waals surface area contributed by atoms with Gasteiger partial charge in [-0.15, -0.1) is 12.4 Å². The van der Waals surface area contributed by atoms with E-state index in [0.29, 0.717) is 6.04 Å². The number of hydrogen-bond donors (Lipinski definition) is 1. The van der Waals surface area contributed by atoms with Gasteiger partial charge in [-0.3, -0.25) is 0 Å². The van der Waals surface area contributed by atoms with Crippen molar-refractivity contribution in [1.82, 2.24) is 5.32 Å². The highest BCUT2D eigenvalue weighted by molar-refractivity contribution is 6.30. The summed E-state index contributed by atoms with van der Waals surface area (Å²) in [7, 11) is 0. The molecule has 1 aromatic heterocycles. The van der Waals surface area contributed by atoms with Gasteiger partial charge >= 0.3 is 0 Å². The molecule has 0 amide bonds. The Bertz CT molecular complexity index is 753. The summed E-state index contributed by atoms with van der Waals surface area (Å²) in [6, 6.07) is 22.8. The third-order valence-electron chi connectivity index (χ3n) is 4.12. The smallest absolute Gasteiger partial charge is 0.134 e. The van der Waals surface area contributed by atoms with Crippen LogP contribution in [0.15, 0.2) is 71.1 Å². The van der Waals surface area contributed by atoms with Crippen LogP contribution in [0.2, 0.25) is 5.02 Å². The molecular formula is C21H23Cl2NO.